The maximum absolute atomic E-state index is 12.4. The predicted molar refractivity (Wildman–Crippen MR) is 109 cm³/mol. The summed E-state index contributed by atoms with van der Waals surface area (Å²) in [6, 6.07) is 20.0. The summed E-state index contributed by atoms with van der Waals surface area (Å²) in [4.78, 5) is 26.2. The lowest BCUT2D eigenvalue weighted by Crippen LogP contribution is -2.27. The van der Waals surface area contributed by atoms with Crippen molar-refractivity contribution in [3.05, 3.63) is 87.9 Å². The Kier molecular flexibility index (Phi) is 6.06. The monoisotopic (exact) mass is 397 g/mol. The van der Waals surface area contributed by atoms with Gasteiger partial charge in [0.1, 0.15) is 5.70 Å². The second-order valence-corrected chi connectivity index (χ2v) is 7.07. The van der Waals surface area contributed by atoms with Crippen LogP contribution in [0, 0.1) is 0 Å². The summed E-state index contributed by atoms with van der Waals surface area (Å²) in [6.45, 7) is 0. The number of halogens is 1. The van der Waals surface area contributed by atoms with E-state index in [1.165, 1.54) is 18.4 Å². The van der Waals surface area contributed by atoms with Crippen LogP contribution in [0.4, 0.5) is 0 Å². The van der Waals surface area contributed by atoms with Crippen LogP contribution in [-0.2, 0) is 9.53 Å². The lowest BCUT2D eigenvalue weighted by molar-refractivity contribution is -0.136. The number of hydrogen-bond donors (Lipinski definition) is 1. The van der Waals surface area contributed by atoms with Crippen molar-refractivity contribution in [2.24, 2.45) is 0 Å². The van der Waals surface area contributed by atoms with Crippen LogP contribution < -0.4 is 5.32 Å². The summed E-state index contributed by atoms with van der Waals surface area (Å²) in [6.07, 6.45) is 1.59. The van der Waals surface area contributed by atoms with Gasteiger partial charge < -0.3 is 10.1 Å². The molecule has 0 aliphatic heterocycles. The van der Waals surface area contributed by atoms with Gasteiger partial charge in [-0.15, -0.1) is 11.3 Å². The zero-order valence-electron chi connectivity index (χ0n) is 14.4. The van der Waals surface area contributed by atoms with Gasteiger partial charge >= 0.3 is 5.97 Å². The molecule has 1 aromatic heterocycles. The summed E-state index contributed by atoms with van der Waals surface area (Å²) in [5.74, 6) is -0.998. The van der Waals surface area contributed by atoms with E-state index in [0.717, 1.165) is 15.3 Å². The molecule has 2 aromatic carbocycles. The van der Waals surface area contributed by atoms with Crippen LogP contribution in [0.5, 0.6) is 0 Å². The van der Waals surface area contributed by atoms with E-state index in [1.54, 1.807) is 30.3 Å². The molecule has 3 rings (SSSR count). The number of carbonyl (C=O) groups is 2. The van der Waals surface area contributed by atoms with Gasteiger partial charge in [-0.25, -0.2) is 4.79 Å². The van der Waals surface area contributed by atoms with Crippen LogP contribution in [0.2, 0.25) is 5.02 Å². The van der Waals surface area contributed by atoms with Crippen LogP contribution in [0.3, 0.4) is 0 Å². The Bertz CT molecular complexity index is 995. The predicted octanol–water partition coefficient (Wildman–Crippen LogP) is 5.01. The molecule has 0 unspecified atom stereocenters. The van der Waals surface area contributed by atoms with E-state index in [1.807, 2.05) is 42.5 Å². The van der Waals surface area contributed by atoms with Gasteiger partial charge in [0.25, 0.3) is 5.91 Å². The summed E-state index contributed by atoms with van der Waals surface area (Å²) < 4.78 is 4.79. The van der Waals surface area contributed by atoms with Crippen molar-refractivity contribution < 1.29 is 14.3 Å². The van der Waals surface area contributed by atoms with Crippen molar-refractivity contribution in [3.63, 3.8) is 0 Å². The van der Waals surface area contributed by atoms with E-state index in [9.17, 15) is 9.59 Å². The number of carbonyl (C=O) groups excluding carboxylic acids is 2. The third-order valence-electron chi connectivity index (χ3n) is 3.74. The molecule has 0 saturated heterocycles. The zero-order valence-corrected chi connectivity index (χ0v) is 16.0. The Labute approximate surface area is 166 Å². The summed E-state index contributed by atoms with van der Waals surface area (Å²) in [7, 11) is 1.27. The molecule has 0 aliphatic rings. The number of amides is 1. The first kappa shape index (κ1) is 18.9. The topological polar surface area (TPSA) is 55.4 Å². The largest absolute Gasteiger partial charge is 0.464 e. The van der Waals surface area contributed by atoms with Gasteiger partial charge in [-0.2, -0.15) is 0 Å². The van der Waals surface area contributed by atoms with Crippen LogP contribution in [0.25, 0.3) is 16.5 Å². The van der Waals surface area contributed by atoms with E-state index in [0.29, 0.717) is 10.6 Å². The summed E-state index contributed by atoms with van der Waals surface area (Å²) in [5.41, 5.74) is 1.44. The Morgan fingerprint density at radius 2 is 1.70 bits per heavy atom. The highest BCUT2D eigenvalue weighted by Gasteiger charge is 2.15. The number of ether oxygens (including phenoxy) is 1. The fourth-order valence-corrected chi connectivity index (χ4v) is 3.70. The molecule has 1 heterocycles. The molecule has 0 spiro atoms. The second-order valence-electron chi connectivity index (χ2n) is 5.55. The quantitative estimate of drug-likeness (QED) is 0.486. The van der Waals surface area contributed by atoms with E-state index in [2.05, 4.69) is 5.32 Å². The lowest BCUT2D eigenvalue weighted by atomic mass is 10.2. The molecule has 3 aromatic rings. The molecule has 0 radical (unpaired) electrons. The number of methoxy groups -OCH3 is 1. The number of benzene rings is 2. The number of rotatable bonds is 5. The zero-order chi connectivity index (χ0) is 19.2. The van der Waals surface area contributed by atoms with Crippen LogP contribution in [-0.4, -0.2) is 19.0 Å². The Balaban J connectivity index is 1.88. The molecular weight excluding hydrogens is 382 g/mol. The molecule has 27 heavy (non-hydrogen) atoms. The molecule has 0 bridgehead atoms. The van der Waals surface area contributed by atoms with Crippen LogP contribution in [0.15, 0.2) is 72.4 Å². The Morgan fingerprint density at radius 3 is 2.41 bits per heavy atom. The maximum atomic E-state index is 12.4. The highest BCUT2D eigenvalue weighted by atomic mass is 35.5. The average molecular weight is 398 g/mol. The molecule has 4 nitrogen and oxygen atoms in total. The maximum Gasteiger partial charge on any atom is 0.354 e. The minimum Gasteiger partial charge on any atom is -0.464 e. The number of hydrogen-bond acceptors (Lipinski definition) is 4. The van der Waals surface area contributed by atoms with Gasteiger partial charge in [-0.05, 0) is 36.4 Å². The highest BCUT2D eigenvalue weighted by molar-refractivity contribution is 7.16. The first-order chi connectivity index (χ1) is 13.1. The summed E-state index contributed by atoms with van der Waals surface area (Å²) >= 11 is 7.70. The van der Waals surface area contributed by atoms with E-state index in [-0.39, 0.29) is 11.6 Å². The molecule has 1 N–H and O–H groups in total. The van der Waals surface area contributed by atoms with Crippen molar-refractivity contribution in [2.45, 2.75) is 0 Å². The third kappa shape index (κ3) is 4.64. The lowest BCUT2D eigenvalue weighted by Gasteiger charge is -2.07. The van der Waals surface area contributed by atoms with Crippen molar-refractivity contribution in [2.75, 3.05) is 7.11 Å². The van der Waals surface area contributed by atoms with E-state index in [4.69, 9.17) is 16.3 Å². The van der Waals surface area contributed by atoms with Crippen molar-refractivity contribution in [1.29, 1.82) is 0 Å². The Morgan fingerprint density at radius 1 is 1.00 bits per heavy atom. The molecular formula is C21H16ClNO3S. The Hall–Kier alpha value is -2.89. The fraction of sp³-hybridized carbons (Fsp3) is 0.0476. The van der Waals surface area contributed by atoms with Gasteiger partial charge in [-0.1, -0.05) is 48.0 Å². The standard InChI is InChI=1S/C21H16ClNO3S/c1-26-21(25)18(23-20(24)14-7-3-2-4-8-14)13-15-11-12-19(27-15)16-9-5-6-10-17(16)22/h2-13H,1H3,(H,23,24)/b18-13+. The van der Waals surface area contributed by atoms with Crippen molar-refractivity contribution in [1.82, 2.24) is 5.32 Å². The van der Waals surface area contributed by atoms with Crippen molar-refractivity contribution >= 4 is 40.9 Å². The average Bonchev–Trinajstić information content (AvgIpc) is 3.16. The minimum atomic E-state index is -0.619. The molecule has 0 saturated carbocycles. The first-order valence-corrected chi connectivity index (χ1v) is 9.29. The smallest absolute Gasteiger partial charge is 0.354 e. The van der Waals surface area contributed by atoms with E-state index >= 15 is 0 Å². The highest BCUT2D eigenvalue weighted by Crippen LogP contribution is 2.33. The van der Waals surface area contributed by atoms with Crippen LogP contribution >= 0.6 is 22.9 Å². The van der Waals surface area contributed by atoms with Gasteiger partial charge in [0.05, 0.1) is 7.11 Å². The second kappa shape index (κ2) is 8.66. The molecule has 0 atom stereocenters. The summed E-state index contributed by atoms with van der Waals surface area (Å²) in [5, 5.41) is 3.27. The minimum absolute atomic E-state index is 0.0684. The fourth-order valence-electron chi connectivity index (χ4n) is 2.42. The SMILES string of the molecule is COC(=O)/C(=C\c1ccc(-c2ccccc2Cl)s1)NC(=O)c1ccccc1. The van der Waals surface area contributed by atoms with Gasteiger partial charge in [0, 0.05) is 25.9 Å². The van der Waals surface area contributed by atoms with Gasteiger partial charge in [0.15, 0.2) is 0 Å². The van der Waals surface area contributed by atoms with Gasteiger partial charge in [-0.3, -0.25) is 4.79 Å². The molecule has 136 valence electrons. The number of nitrogens with one attached hydrogen (secondary N) is 1. The van der Waals surface area contributed by atoms with Crippen LogP contribution in [0.1, 0.15) is 15.2 Å². The van der Waals surface area contributed by atoms with Gasteiger partial charge in [0.2, 0.25) is 0 Å². The first-order valence-electron chi connectivity index (χ1n) is 8.09. The molecule has 0 aliphatic carbocycles. The normalized spacial score (nSPS) is 11.1. The molecule has 1 amide bonds. The third-order valence-corrected chi connectivity index (χ3v) is 5.14. The van der Waals surface area contributed by atoms with Crippen molar-refractivity contribution in [3.8, 4) is 10.4 Å². The number of esters is 1. The molecule has 0 fully saturated rings. The number of thiophene rings is 1. The van der Waals surface area contributed by atoms with E-state index < -0.39 is 5.97 Å². The molecule has 6 heteroatoms.